The van der Waals surface area contributed by atoms with Gasteiger partial charge in [0.15, 0.2) is 10.8 Å². The molecule has 6 nitrogen and oxygen atoms in total. The second kappa shape index (κ2) is 5.66. The van der Waals surface area contributed by atoms with Crippen molar-refractivity contribution in [3.05, 3.63) is 10.6 Å². The lowest BCUT2D eigenvalue weighted by atomic mass is 10.1. The third kappa shape index (κ3) is 2.76. The smallest absolute Gasteiger partial charge is 0.358 e. The summed E-state index contributed by atoms with van der Waals surface area (Å²) in [5, 5.41) is 0.557. The van der Waals surface area contributed by atoms with Crippen molar-refractivity contribution >= 4 is 28.3 Å². The molecule has 0 aliphatic carbocycles. The first-order valence-corrected chi connectivity index (χ1v) is 7.03. The average molecular weight is 283 g/mol. The highest BCUT2D eigenvalue weighted by atomic mass is 32.1. The number of rotatable bonds is 4. The molecule has 1 aliphatic rings. The van der Waals surface area contributed by atoms with Crippen LogP contribution in [0.15, 0.2) is 0 Å². The van der Waals surface area contributed by atoms with Gasteiger partial charge < -0.3 is 10.5 Å². The predicted octanol–water partition coefficient (Wildman–Crippen LogP) is 0.940. The average Bonchev–Trinajstić information content (AvgIpc) is 2.92. The van der Waals surface area contributed by atoms with Crippen LogP contribution in [0.3, 0.4) is 0 Å². The third-order valence-corrected chi connectivity index (χ3v) is 4.02. The van der Waals surface area contributed by atoms with E-state index >= 15 is 0 Å². The molecule has 19 heavy (non-hydrogen) atoms. The Morgan fingerprint density at radius 2 is 2.37 bits per heavy atom. The SMILES string of the molecule is CCOC(=O)c1nc(N2CC(CN)CC2=O)sc1C. The van der Waals surface area contributed by atoms with Gasteiger partial charge in [0, 0.05) is 17.8 Å². The highest BCUT2D eigenvalue weighted by Crippen LogP contribution is 2.30. The van der Waals surface area contributed by atoms with Crippen molar-refractivity contribution < 1.29 is 14.3 Å². The minimum atomic E-state index is -0.440. The maximum atomic E-state index is 11.9. The molecule has 2 rings (SSSR count). The van der Waals surface area contributed by atoms with Gasteiger partial charge in [-0.3, -0.25) is 9.69 Å². The Balaban J connectivity index is 2.20. The van der Waals surface area contributed by atoms with Crippen LogP contribution in [0.1, 0.15) is 28.7 Å². The quantitative estimate of drug-likeness (QED) is 0.831. The Labute approximate surface area is 115 Å². The van der Waals surface area contributed by atoms with Gasteiger partial charge in [0.25, 0.3) is 0 Å². The summed E-state index contributed by atoms with van der Waals surface area (Å²) >= 11 is 1.33. The van der Waals surface area contributed by atoms with Gasteiger partial charge in [-0.1, -0.05) is 0 Å². The Kier molecular flexibility index (Phi) is 4.16. The van der Waals surface area contributed by atoms with Crippen LogP contribution in [0.2, 0.25) is 0 Å². The van der Waals surface area contributed by atoms with E-state index in [0.29, 0.717) is 36.9 Å². The van der Waals surface area contributed by atoms with Gasteiger partial charge in [0.2, 0.25) is 5.91 Å². The lowest BCUT2D eigenvalue weighted by molar-refractivity contribution is -0.117. The van der Waals surface area contributed by atoms with Crippen molar-refractivity contribution in [2.75, 3.05) is 24.6 Å². The largest absolute Gasteiger partial charge is 0.461 e. The third-order valence-electron chi connectivity index (χ3n) is 3.02. The van der Waals surface area contributed by atoms with E-state index in [1.54, 1.807) is 18.7 Å². The van der Waals surface area contributed by atoms with Crippen molar-refractivity contribution in [3.8, 4) is 0 Å². The number of carbonyl (C=O) groups excluding carboxylic acids is 2. The fourth-order valence-corrected chi connectivity index (χ4v) is 2.93. The zero-order valence-electron chi connectivity index (χ0n) is 11.0. The Hall–Kier alpha value is -1.47. The van der Waals surface area contributed by atoms with E-state index in [2.05, 4.69) is 4.98 Å². The maximum absolute atomic E-state index is 11.9. The first-order chi connectivity index (χ1) is 9.06. The van der Waals surface area contributed by atoms with Gasteiger partial charge in [-0.15, -0.1) is 11.3 Å². The number of carbonyl (C=O) groups is 2. The van der Waals surface area contributed by atoms with E-state index in [0.717, 1.165) is 4.88 Å². The summed E-state index contributed by atoms with van der Waals surface area (Å²) in [5.41, 5.74) is 5.89. The van der Waals surface area contributed by atoms with Crippen molar-refractivity contribution in [2.45, 2.75) is 20.3 Å². The van der Waals surface area contributed by atoms with Gasteiger partial charge >= 0.3 is 5.97 Å². The molecule has 7 heteroatoms. The number of ether oxygens (including phenoxy) is 1. The predicted molar refractivity (Wildman–Crippen MR) is 72.3 cm³/mol. The van der Waals surface area contributed by atoms with Crippen LogP contribution in [-0.4, -0.2) is 36.6 Å². The monoisotopic (exact) mass is 283 g/mol. The van der Waals surface area contributed by atoms with E-state index < -0.39 is 5.97 Å². The number of hydrogen-bond acceptors (Lipinski definition) is 6. The second-order valence-electron chi connectivity index (χ2n) is 4.43. The Bertz CT molecular complexity index is 500. The van der Waals surface area contributed by atoms with E-state index in [4.69, 9.17) is 10.5 Å². The second-order valence-corrected chi connectivity index (χ2v) is 5.61. The number of aromatic nitrogens is 1. The molecule has 0 aromatic carbocycles. The number of esters is 1. The summed E-state index contributed by atoms with van der Waals surface area (Å²) in [6, 6.07) is 0. The van der Waals surface area contributed by atoms with Crippen molar-refractivity contribution in [3.63, 3.8) is 0 Å². The minimum Gasteiger partial charge on any atom is -0.461 e. The number of anilines is 1. The minimum absolute atomic E-state index is 0.0135. The molecule has 1 unspecified atom stereocenters. The van der Waals surface area contributed by atoms with Crippen LogP contribution in [0.4, 0.5) is 5.13 Å². The van der Waals surface area contributed by atoms with Gasteiger partial charge in [-0.05, 0) is 26.3 Å². The van der Waals surface area contributed by atoms with Crippen LogP contribution >= 0.6 is 11.3 Å². The summed E-state index contributed by atoms with van der Waals surface area (Å²) in [5.74, 6) is -0.258. The first kappa shape index (κ1) is 14.0. The summed E-state index contributed by atoms with van der Waals surface area (Å²) in [4.78, 5) is 30.2. The van der Waals surface area contributed by atoms with Crippen LogP contribution in [0, 0.1) is 12.8 Å². The molecule has 2 heterocycles. The van der Waals surface area contributed by atoms with E-state index in [1.165, 1.54) is 11.3 Å². The molecule has 0 radical (unpaired) electrons. The molecule has 0 spiro atoms. The van der Waals surface area contributed by atoms with Crippen LogP contribution < -0.4 is 10.6 Å². The summed E-state index contributed by atoms with van der Waals surface area (Å²) in [6.45, 7) is 4.91. The zero-order chi connectivity index (χ0) is 14.0. The van der Waals surface area contributed by atoms with Crippen molar-refractivity contribution in [2.24, 2.45) is 11.7 Å². The highest BCUT2D eigenvalue weighted by Gasteiger charge is 2.32. The molecule has 1 amide bonds. The lowest BCUT2D eigenvalue weighted by Crippen LogP contribution is -2.25. The summed E-state index contributed by atoms with van der Waals surface area (Å²) < 4.78 is 4.94. The van der Waals surface area contributed by atoms with E-state index in [-0.39, 0.29) is 11.8 Å². The molecule has 1 aliphatic heterocycles. The molecule has 1 atom stereocenters. The molecule has 1 saturated heterocycles. The number of thiazole rings is 1. The van der Waals surface area contributed by atoms with Crippen molar-refractivity contribution in [1.29, 1.82) is 0 Å². The van der Waals surface area contributed by atoms with Crippen LogP contribution in [-0.2, 0) is 9.53 Å². The van der Waals surface area contributed by atoms with Crippen LogP contribution in [0.25, 0.3) is 0 Å². The molecule has 1 aromatic rings. The molecule has 104 valence electrons. The van der Waals surface area contributed by atoms with Crippen molar-refractivity contribution in [1.82, 2.24) is 4.98 Å². The topological polar surface area (TPSA) is 85.5 Å². The molecule has 2 N–H and O–H groups in total. The van der Waals surface area contributed by atoms with Gasteiger partial charge in [-0.25, -0.2) is 9.78 Å². The maximum Gasteiger partial charge on any atom is 0.358 e. The van der Waals surface area contributed by atoms with Crippen LogP contribution in [0.5, 0.6) is 0 Å². The lowest BCUT2D eigenvalue weighted by Gasteiger charge is -2.11. The fraction of sp³-hybridized carbons (Fsp3) is 0.583. The van der Waals surface area contributed by atoms with E-state index in [9.17, 15) is 9.59 Å². The van der Waals surface area contributed by atoms with Gasteiger partial charge in [-0.2, -0.15) is 0 Å². The normalized spacial score (nSPS) is 19.0. The Morgan fingerprint density at radius 1 is 1.63 bits per heavy atom. The highest BCUT2D eigenvalue weighted by molar-refractivity contribution is 7.16. The first-order valence-electron chi connectivity index (χ1n) is 6.21. The molecule has 1 fully saturated rings. The summed E-state index contributed by atoms with van der Waals surface area (Å²) in [6.07, 6.45) is 0.448. The molecular weight excluding hydrogens is 266 g/mol. The Morgan fingerprint density at radius 3 is 2.95 bits per heavy atom. The van der Waals surface area contributed by atoms with Gasteiger partial charge in [0.05, 0.1) is 6.61 Å². The standard InChI is InChI=1S/C12H17N3O3S/c1-3-18-11(17)10-7(2)19-12(14-10)15-6-8(5-13)4-9(15)16/h8H,3-6,13H2,1-2H3. The molecular formula is C12H17N3O3S. The van der Waals surface area contributed by atoms with E-state index in [1.807, 2.05) is 0 Å². The number of amides is 1. The number of aryl methyl sites for hydroxylation is 1. The molecule has 0 saturated carbocycles. The number of nitrogens with two attached hydrogens (primary N) is 1. The number of hydrogen-bond donors (Lipinski definition) is 1. The number of nitrogens with zero attached hydrogens (tertiary/aromatic N) is 2. The van der Waals surface area contributed by atoms with Gasteiger partial charge in [0.1, 0.15) is 0 Å². The summed E-state index contributed by atoms with van der Waals surface area (Å²) in [7, 11) is 0. The molecule has 0 bridgehead atoms. The molecule has 1 aromatic heterocycles. The zero-order valence-corrected chi connectivity index (χ0v) is 11.8. The fourth-order valence-electron chi connectivity index (χ4n) is 2.01.